The van der Waals surface area contributed by atoms with Crippen molar-refractivity contribution in [2.45, 2.75) is 4.90 Å². The number of nitrogens with zero attached hydrogens (tertiary/aromatic N) is 1. The highest BCUT2D eigenvalue weighted by Gasteiger charge is 2.16. The van der Waals surface area contributed by atoms with Crippen LogP contribution in [0.15, 0.2) is 29.4 Å². The second kappa shape index (κ2) is 3.71. The summed E-state index contributed by atoms with van der Waals surface area (Å²) in [5, 5.41) is 10.8. The van der Waals surface area contributed by atoms with Gasteiger partial charge in [0.05, 0.1) is 0 Å². The SMILES string of the molecule is COCS(=O)(=O)c1ccc[n+]([O-])c1. The second-order valence-corrected chi connectivity index (χ2v) is 4.36. The summed E-state index contributed by atoms with van der Waals surface area (Å²) in [5.41, 5.74) is 0. The molecule has 72 valence electrons. The Morgan fingerprint density at radius 1 is 1.62 bits per heavy atom. The Balaban J connectivity index is 3.08. The van der Waals surface area contributed by atoms with Crippen LogP contribution in [0.2, 0.25) is 0 Å². The smallest absolute Gasteiger partial charge is 0.208 e. The van der Waals surface area contributed by atoms with E-state index < -0.39 is 15.8 Å². The first-order valence-corrected chi connectivity index (χ1v) is 5.12. The van der Waals surface area contributed by atoms with Gasteiger partial charge in [0, 0.05) is 13.2 Å². The first kappa shape index (κ1) is 9.94. The van der Waals surface area contributed by atoms with Crippen molar-refractivity contribution in [2.24, 2.45) is 0 Å². The average molecular weight is 203 g/mol. The number of hydrogen-bond acceptors (Lipinski definition) is 4. The normalized spacial score (nSPS) is 11.5. The number of rotatable bonds is 3. The standard InChI is InChI=1S/C7H9NO4S/c1-12-6-13(10,11)7-3-2-4-8(9)5-7/h2-5H,6H2,1H3. The highest BCUT2D eigenvalue weighted by atomic mass is 32.2. The molecule has 1 rings (SSSR count). The Hall–Kier alpha value is -1.14. The Morgan fingerprint density at radius 2 is 2.31 bits per heavy atom. The average Bonchev–Trinajstić information content (AvgIpc) is 2.04. The molecule has 0 unspecified atom stereocenters. The van der Waals surface area contributed by atoms with Crippen LogP contribution in [-0.4, -0.2) is 21.5 Å². The molecule has 0 fully saturated rings. The number of aromatic nitrogens is 1. The summed E-state index contributed by atoms with van der Waals surface area (Å²) in [6.07, 6.45) is 2.21. The number of methoxy groups -OCH3 is 1. The van der Waals surface area contributed by atoms with Crippen molar-refractivity contribution < 1.29 is 17.9 Å². The molecule has 0 aromatic carbocycles. The molecule has 1 aromatic heterocycles. The van der Waals surface area contributed by atoms with E-state index in [2.05, 4.69) is 4.74 Å². The molecule has 0 radical (unpaired) electrons. The van der Waals surface area contributed by atoms with Gasteiger partial charge < -0.3 is 9.94 Å². The van der Waals surface area contributed by atoms with Crippen molar-refractivity contribution in [3.63, 3.8) is 0 Å². The van der Waals surface area contributed by atoms with Gasteiger partial charge in [-0.05, 0) is 6.07 Å². The van der Waals surface area contributed by atoms with Crippen molar-refractivity contribution in [3.05, 3.63) is 29.7 Å². The lowest BCUT2D eigenvalue weighted by Gasteiger charge is -2.01. The fraction of sp³-hybridized carbons (Fsp3) is 0.286. The zero-order chi connectivity index (χ0) is 9.90. The van der Waals surface area contributed by atoms with E-state index in [1.807, 2.05) is 0 Å². The van der Waals surface area contributed by atoms with Crippen LogP contribution in [0.3, 0.4) is 0 Å². The molecule has 0 bridgehead atoms. The van der Waals surface area contributed by atoms with Crippen LogP contribution in [0.5, 0.6) is 0 Å². The summed E-state index contributed by atoms with van der Waals surface area (Å²) in [6.45, 7) is 0. The summed E-state index contributed by atoms with van der Waals surface area (Å²) in [7, 11) is -2.19. The third kappa shape index (κ3) is 2.40. The van der Waals surface area contributed by atoms with E-state index >= 15 is 0 Å². The second-order valence-electron chi connectivity index (χ2n) is 2.42. The van der Waals surface area contributed by atoms with Crippen LogP contribution in [0.4, 0.5) is 0 Å². The fourth-order valence-corrected chi connectivity index (χ4v) is 1.84. The van der Waals surface area contributed by atoms with Gasteiger partial charge in [0.25, 0.3) is 0 Å². The Bertz CT molecular complexity index is 387. The number of hydrogen-bond donors (Lipinski definition) is 0. The molecule has 0 saturated heterocycles. The van der Waals surface area contributed by atoms with Crippen molar-refractivity contribution in [1.29, 1.82) is 0 Å². The lowest BCUT2D eigenvalue weighted by molar-refractivity contribution is -0.607. The van der Waals surface area contributed by atoms with Crippen molar-refractivity contribution >= 4 is 9.84 Å². The highest BCUT2D eigenvalue weighted by Crippen LogP contribution is 2.07. The Labute approximate surface area is 76.1 Å². The summed E-state index contributed by atoms with van der Waals surface area (Å²) in [4.78, 5) is -0.0353. The van der Waals surface area contributed by atoms with Crippen LogP contribution in [0.1, 0.15) is 0 Å². The molecule has 6 heteroatoms. The quantitative estimate of drug-likeness (QED) is 0.499. The molecule has 0 aliphatic heterocycles. The maximum absolute atomic E-state index is 11.3. The van der Waals surface area contributed by atoms with Gasteiger partial charge in [-0.2, -0.15) is 4.73 Å². The molecular weight excluding hydrogens is 194 g/mol. The molecular formula is C7H9NO4S. The predicted octanol–water partition coefficient (Wildman–Crippen LogP) is -0.302. The third-order valence-corrected chi connectivity index (χ3v) is 2.89. The molecule has 1 heterocycles. The Morgan fingerprint density at radius 3 is 2.85 bits per heavy atom. The van der Waals surface area contributed by atoms with Crippen molar-refractivity contribution in [2.75, 3.05) is 13.0 Å². The topological polar surface area (TPSA) is 70.3 Å². The molecule has 0 spiro atoms. The van der Waals surface area contributed by atoms with E-state index in [1.165, 1.54) is 25.4 Å². The molecule has 0 atom stereocenters. The van der Waals surface area contributed by atoms with Crippen molar-refractivity contribution in [3.8, 4) is 0 Å². The molecule has 5 nitrogen and oxygen atoms in total. The monoisotopic (exact) mass is 203 g/mol. The van der Waals surface area contributed by atoms with Gasteiger partial charge in [-0.1, -0.05) is 0 Å². The zero-order valence-corrected chi connectivity index (χ0v) is 7.82. The van der Waals surface area contributed by atoms with Crippen LogP contribution in [0, 0.1) is 5.21 Å². The molecule has 0 N–H and O–H groups in total. The van der Waals surface area contributed by atoms with Gasteiger partial charge in [0.15, 0.2) is 18.3 Å². The highest BCUT2D eigenvalue weighted by molar-refractivity contribution is 7.91. The lowest BCUT2D eigenvalue weighted by Crippen LogP contribution is -2.26. The van der Waals surface area contributed by atoms with E-state index in [4.69, 9.17) is 0 Å². The van der Waals surface area contributed by atoms with E-state index in [0.29, 0.717) is 4.73 Å². The molecule has 0 aliphatic rings. The van der Waals surface area contributed by atoms with Crippen LogP contribution < -0.4 is 4.73 Å². The van der Waals surface area contributed by atoms with Crippen LogP contribution in [-0.2, 0) is 14.6 Å². The largest absolute Gasteiger partial charge is 0.619 e. The predicted molar refractivity (Wildman–Crippen MR) is 44.5 cm³/mol. The summed E-state index contributed by atoms with van der Waals surface area (Å²) >= 11 is 0. The van der Waals surface area contributed by atoms with Crippen LogP contribution >= 0.6 is 0 Å². The van der Waals surface area contributed by atoms with Gasteiger partial charge >= 0.3 is 0 Å². The zero-order valence-electron chi connectivity index (χ0n) is 7.00. The first-order valence-electron chi connectivity index (χ1n) is 3.47. The maximum atomic E-state index is 11.3. The minimum Gasteiger partial charge on any atom is -0.619 e. The minimum absolute atomic E-state index is 0.0353. The summed E-state index contributed by atoms with van der Waals surface area (Å²) in [5.74, 6) is -0.420. The van der Waals surface area contributed by atoms with E-state index in [1.54, 1.807) is 0 Å². The minimum atomic E-state index is -3.48. The van der Waals surface area contributed by atoms with E-state index in [-0.39, 0.29) is 4.90 Å². The molecule has 0 saturated carbocycles. The molecule has 13 heavy (non-hydrogen) atoms. The number of ether oxygens (including phenoxy) is 1. The molecule has 0 amide bonds. The van der Waals surface area contributed by atoms with E-state index in [9.17, 15) is 13.6 Å². The van der Waals surface area contributed by atoms with Gasteiger partial charge in [0.2, 0.25) is 9.84 Å². The number of pyridine rings is 1. The van der Waals surface area contributed by atoms with Gasteiger partial charge in [-0.3, -0.25) is 0 Å². The first-order chi connectivity index (χ1) is 6.06. The van der Waals surface area contributed by atoms with Gasteiger partial charge in [-0.15, -0.1) is 0 Å². The lowest BCUT2D eigenvalue weighted by atomic mass is 10.5. The maximum Gasteiger partial charge on any atom is 0.208 e. The van der Waals surface area contributed by atoms with Gasteiger partial charge in [-0.25, -0.2) is 8.42 Å². The summed E-state index contributed by atoms with van der Waals surface area (Å²) < 4.78 is 27.5. The molecule has 1 aromatic rings. The number of sulfone groups is 1. The third-order valence-electron chi connectivity index (χ3n) is 1.38. The van der Waals surface area contributed by atoms with E-state index in [0.717, 1.165) is 6.20 Å². The van der Waals surface area contributed by atoms with Crippen molar-refractivity contribution in [1.82, 2.24) is 0 Å². The van der Waals surface area contributed by atoms with Crippen LogP contribution in [0.25, 0.3) is 0 Å². The summed E-state index contributed by atoms with van der Waals surface area (Å²) in [6, 6.07) is 2.72. The Kier molecular flexibility index (Phi) is 2.84. The van der Waals surface area contributed by atoms with Gasteiger partial charge in [0.1, 0.15) is 4.90 Å². The molecule has 0 aliphatic carbocycles. The fourth-order valence-electron chi connectivity index (χ4n) is 0.841.